The van der Waals surface area contributed by atoms with Gasteiger partial charge in [-0.15, -0.1) is 0 Å². The number of benzene rings is 2. The highest BCUT2D eigenvalue weighted by Crippen LogP contribution is 2.42. The van der Waals surface area contributed by atoms with E-state index in [1.807, 2.05) is 30.3 Å². The molecule has 2 aromatic carbocycles. The Balaban J connectivity index is 1.94. The summed E-state index contributed by atoms with van der Waals surface area (Å²) in [5.41, 5.74) is 1.21. The highest BCUT2D eigenvalue weighted by Gasteiger charge is 2.46. The molecule has 0 saturated heterocycles. The smallest absolute Gasteiger partial charge is 0.308 e. The van der Waals surface area contributed by atoms with Gasteiger partial charge in [0.15, 0.2) is 5.78 Å². The standard InChI is InChI=1S/C24H18N2O4/c1-16(27)30-23-20(22(28)18-12-6-3-7-13-18)21(17-10-4-2-5-11-17)26(24(23)29)19-14-8-9-15-25-19/h2-15,21H,1H3. The summed E-state index contributed by atoms with van der Waals surface area (Å²) in [5, 5.41) is 0. The van der Waals surface area contributed by atoms with Gasteiger partial charge >= 0.3 is 5.97 Å². The van der Waals surface area contributed by atoms with Crippen molar-refractivity contribution in [2.45, 2.75) is 13.0 Å². The third-order valence-corrected chi connectivity index (χ3v) is 4.73. The van der Waals surface area contributed by atoms with Crippen LogP contribution < -0.4 is 4.90 Å². The summed E-state index contributed by atoms with van der Waals surface area (Å²) >= 11 is 0. The predicted octanol–water partition coefficient (Wildman–Crippen LogP) is 3.87. The Morgan fingerprint density at radius 1 is 0.900 bits per heavy atom. The molecule has 2 heterocycles. The fourth-order valence-electron chi connectivity index (χ4n) is 3.49. The van der Waals surface area contributed by atoms with Crippen molar-refractivity contribution in [3.8, 4) is 0 Å². The first-order valence-electron chi connectivity index (χ1n) is 9.40. The quantitative estimate of drug-likeness (QED) is 0.482. The zero-order chi connectivity index (χ0) is 21.1. The second-order valence-electron chi connectivity index (χ2n) is 6.71. The van der Waals surface area contributed by atoms with Gasteiger partial charge in [-0.1, -0.05) is 66.7 Å². The van der Waals surface area contributed by atoms with Crippen LogP contribution in [0.2, 0.25) is 0 Å². The minimum Gasteiger partial charge on any atom is -0.420 e. The van der Waals surface area contributed by atoms with Crippen molar-refractivity contribution in [2.75, 3.05) is 4.90 Å². The van der Waals surface area contributed by atoms with Crippen LogP contribution in [-0.2, 0) is 14.3 Å². The Labute approximate surface area is 173 Å². The van der Waals surface area contributed by atoms with E-state index in [2.05, 4.69) is 4.98 Å². The van der Waals surface area contributed by atoms with Gasteiger partial charge in [-0.25, -0.2) is 4.98 Å². The molecule has 1 aliphatic rings. The molecular weight excluding hydrogens is 380 g/mol. The van der Waals surface area contributed by atoms with Crippen molar-refractivity contribution in [3.05, 3.63) is 108 Å². The van der Waals surface area contributed by atoms with Gasteiger partial charge in [0, 0.05) is 18.7 Å². The van der Waals surface area contributed by atoms with Gasteiger partial charge in [0.2, 0.25) is 5.76 Å². The molecule has 0 saturated carbocycles. The van der Waals surface area contributed by atoms with Crippen LogP contribution in [0.15, 0.2) is 96.4 Å². The number of pyridine rings is 1. The Bertz CT molecular complexity index is 1130. The molecule has 4 rings (SSSR count). The maximum atomic E-state index is 13.5. The number of anilines is 1. The first-order chi connectivity index (χ1) is 14.6. The Kier molecular flexibility index (Phi) is 5.22. The molecule has 1 aliphatic heterocycles. The molecule has 0 fully saturated rings. The Hall–Kier alpha value is -4.06. The van der Waals surface area contributed by atoms with Crippen molar-refractivity contribution in [1.82, 2.24) is 4.98 Å². The molecular formula is C24H18N2O4. The second-order valence-corrected chi connectivity index (χ2v) is 6.71. The summed E-state index contributed by atoms with van der Waals surface area (Å²) in [6, 6.07) is 22.1. The van der Waals surface area contributed by atoms with E-state index in [1.165, 1.54) is 11.8 Å². The van der Waals surface area contributed by atoms with Crippen molar-refractivity contribution in [2.24, 2.45) is 0 Å². The molecule has 1 unspecified atom stereocenters. The molecule has 1 atom stereocenters. The fraction of sp³-hybridized carbons (Fsp3) is 0.0833. The Morgan fingerprint density at radius 3 is 2.13 bits per heavy atom. The zero-order valence-electron chi connectivity index (χ0n) is 16.2. The van der Waals surface area contributed by atoms with E-state index in [-0.39, 0.29) is 17.1 Å². The van der Waals surface area contributed by atoms with Gasteiger partial charge in [0.1, 0.15) is 5.82 Å². The summed E-state index contributed by atoms with van der Waals surface area (Å²) in [7, 11) is 0. The van der Waals surface area contributed by atoms with Crippen molar-refractivity contribution in [1.29, 1.82) is 0 Å². The lowest BCUT2D eigenvalue weighted by Gasteiger charge is -2.25. The number of hydrogen-bond acceptors (Lipinski definition) is 5. The molecule has 0 aliphatic carbocycles. The maximum absolute atomic E-state index is 13.5. The number of amides is 1. The van der Waals surface area contributed by atoms with E-state index in [0.29, 0.717) is 16.9 Å². The first kappa shape index (κ1) is 19.3. The van der Waals surface area contributed by atoms with Crippen LogP contribution in [-0.4, -0.2) is 22.6 Å². The molecule has 0 spiro atoms. The minimum atomic E-state index is -0.782. The highest BCUT2D eigenvalue weighted by atomic mass is 16.5. The summed E-state index contributed by atoms with van der Waals surface area (Å²) in [4.78, 5) is 44.3. The average molecular weight is 398 g/mol. The van der Waals surface area contributed by atoms with E-state index in [0.717, 1.165) is 0 Å². The van der Waals surface area contributed by atoms with Gasteiger partial charge < -0.3 is 4.74 Å². The lowest BCUT2D eigenvalue weighted by atomic mass is 9.93. The zero-order valence-corrected chi connectivity index (χ0v) is 16.2. The molecule has 1 aromatic heterocycles. The number of ketones is 1. The Morgan fingerprint density at radius 2 is 1.53 bits per heavy atom. The summed E-state index contributed by atoms with van der Waals surface area (Å²) < 4.78 is 5.28. The molecule has 0 radical (unpaired) electrons. The van der Waals surface area contributed by atoms with Crippen LogP contribution in [0.4, 0.5) is 5.82 Å². The lowest BCUT2D eigenvalue weighted by molar-refractivity contribution is -0.139. The molecule has 0 bridgehead atoms. The minimum absolute atomic E-state index is 0.109. The van der Waals surface area contributed by atoms with Gasteiger partial charge in [0.25, 0.3) is 5.91 Å². The van der Waals surface area contributed by atoms with E-state index in [4.69, 9.17) is 4.74 Å². The molecule has 3 aromatic rings. The van der Waals surface area contributed by atoms with Crippen LogP contribution in [0, 0.1) is 0 Å². The van der Waals surface area contributed by atoms with E-state index < -0.39 is 17.9 Å². The summed E-state index contributed by atoms with van der Waals surface area (Å²) in [6.45, 7) is 1.20. The molecule has 148 valence electrons. The highest BCUT2D eigenvalue weighted by molar-refractivity contribution is 6.21. The van der Waals surface area contributed by atoms with Crippen molar-refractivity contribution >= 4 is 23.5 Å². The number of esters is 1. The van der Waals surface area contributed by atoms with Crippen LogP contribution in [0.25, 0.3) is 0 Å². The number of aromatic nitrogens is 1. The SMILES string of the molecule is CC(=O)OC1=C(C(=O)c2ccccc2)C(c2ccccc2)N(c2ccccn2)C1=O. The third-order valence-electron chi connectivity index (χ3n) is 4.73. The number of carbonyl (C=O) groups excluding carboxylic acids is 3. The van der Waals surface area contributed by atoms with Gasteiger partial charge in [-0.3, -0.25) is 19.3 Å². The molecule has 0 N–H and O–H groups in total. The summed E-state index contributed by atoms with van der Waals surface area (Å²) in [5.74, 6) is -1.55. The van der Waals surface area contributed by atoms with E-state index in [9.17, 15) is 14.4 Å². The van der Waals surface area contributed by atoms with Crippen LogP contribution in [0.5, 0.6) is 0 Å². The molecule has 6 heteroatoms. The molecule has 30 heavy (non-hydrogen) atoms. The lowest BCUT2D eigenvalue weighted by Crippen LogP contribution is -2.32. The van der Waals surface area contributed by atoms with Gasteiger partial charge in [0.05, 0.1) is 11.6 Å². The number of ether oxygens (including phenoxy) is 1. The van der Waals surface area contributed by atoms with Crippen LogP contribution in [0.1, 0.15) is 28.9 Å². The van der Waals surface area contributed by atoms with Crippen molar-refractivity contribution in [3.63, 3.8) is 0 Å². The number of Topliss-reactive ketones (excluding diaryl/α,β-unsaturated/α-hetero) is 1. The van der Waals surface area contributed by atoms with E-state index in [1.54, 1.807) is 54.7 Å². The average Bonchev–Trinajstić information content (AvgIpc) is 3.06. The molecule has 1 amide bonds. The van der Waals surface area contributed by atoms with Crippen molar-refractivity contribution < 1.29 is 19.1 Å². The number of hydrogen-bond donors (Lipinski definition) is 0. The number of rotatable bonds is 5. The maximum Gasteiger partial charge on any atom is 0.308 e. The predicted molar refractivity (Wildman–Crippen MR) is 110 cm³/mol. The van der Waals surface area contributed by atoms with Gasteiger partial charge in [-0.2, -0.15) is 0 Å². The normalized spacial score (nSPS) is 16.0. The monoisotopic (exact) mass is 398 g/mol. The first-order valence-corrected chi connectivity index (χ1v) is 9.40. The van der Waals surface area contributed by atoms with Crippen LogP contribution in [0.3, 0.4) is 0 Å². The topological polar surface area (TPSA) is 76.6 Å². The number of carbonyl (C=O) groups is 3. The molecule has 6 nitrogen and oxygen atoms in total. The third kappa shape index (κ3) is 3.51. The van der Waals surface area contributed by atoms with Crippen LogP contribution >= 0.6 is 0 Å². The fourth-order valence-corrected chi connectivity index (χ4v) is 3.49. The number of nitrogens with zero attached hydrogens (tertiary/aromatic N) is 2. The largest absolute Gasteiger partial charge is 0.420 e. The summed E-state index contributed by atoms with van der Waals surface area (Å²) in [6.07, 6.45) is 1.56. The van der Waals surface area contributed by atoms with Gasteiger partial charge in [-0.05, 0) is 17.7 Å². The van der Waals surface area contributed by atoms with E-state index >= 15 is 0 Å². The second kappa shape index (κ2) is 8.13.